The van der Waals surface area contributed by atoms with Gasteiger partial charge in [0.15, 0.2) is 0 Å². The van der Waals surface area contributed by atoms with Crippen LogP contribution < -0.4 is 4.72 Å². The van der Waals surface area contributed by atoms with Crippen molar-refractivity contribution in [2.45, 2.75) is 44.1 Å². The fourth-order valence-corrected chi connectivity index (χ4v) is 3.29. The van der Waals surface area contributed by atoms with Gasteiger partial charge in [-0.25, -0.2) is 13.1 Å². The Labute approximate surface area is 106 Å². The zero-order chi connectivity index (χ0) is 13.6. The Balaban J connectivity index is 2.13. The summed E-state index contributed by atoms with van der Waals surface area (Å²) >= 11 is 0. The molecular weight excluding hydrogens is 258 g/mol. The first-order valence-corrected chi connectivity index (χ1v) is 7.15. The van der Waals surface area contributed by atoms with E-state index in [0.717, 1.165) is 0 Å². The third-order valence-electron chi connectivity index (χ3n) is 3.57. The minimum absolute atomic E-state index is 0.197. The molecule has 1 fully saturated rings. The molecule has 1 saturated carbocycles. The van der Waals surface area contributed by atoms with Crippen LogP contribution >= 0.6 is 0 Å². The average molecular weight is 275 g/mol. The van der Waals surface area contributed by atoms with Gasteiger partial charge in [0.25, 0.3) is 10.0 Å². The third kappa shape index (κ3) is 2.18. The summed E-state index contributed by atoms with van der Waals surface area (Å²) in [5.74, 6) is 0.197. The maximum atomic E-state index is 12.0. The predicted octanol–water partition coefficient (Wildman–Crippen LogP) is 0.210. The van der Waals surface area contributed by atoms with E-state index in [9.17, 15) is 13.5 Å². The van der Waals surface area contributed by atoms with Gasteiger partial charge in [0.2, 0.25) is 5.09 Å². The third-order valence-corrected chi connectivity index (χ3v) is 4.91. The molecule has 18 heavy (non-hydrogen) atoms. The van der Waals surface area contributed by atoms with E-state index in [2.05, 4.69) is 4.72 Å². The number of sulfonamides is 1. The number of hydrogen-bond donors (Lipinski definition) is 3. The standard InChI is InChI=1S/C11H17NO5S/c1-11(2)8(5-9(11)14)12-18(15,16)10-4-3-7(6-13)17-10/h3-4,8-9,12-14H,5-6H2,1-2H3. The van der Waals surface area contributed by atoms with Gasteiger partial charge in [0.1, 0.15) is 12.4 Å². The van der Waals surface area contributed by atoms with Crippen molar-refractivity contribution in [1.29, 1.82) is 0 Å². The van der Waals surface area contributed by atoms with Gasteiger partial charge in [-0.3, -0.25) is 0 Å². The smallest absolute Gasteiger partial charge is 0.274 e. The van der Waals surface area contributed by atoms with Crippen LogP contribution in [0.15, 0.2) is 21.6 Å². The number of aliphatic hydroxyl groups is 2. The molecule has 0 aromatic carbocycles. The van der Waals surface area contributed by atoms with Gasteiger partial charge in [-0.15, -0.1) is 0 Å². The van der Waals surface area contributed by atoms with Gasteiger partial charge in [-0.1, -0.05) is 13.8 Å². The maximum absolute atomic E-state index is 12.0. The van der Waals surface area contributed by atoms with Crippen molar-refractivity contribution in [3.63, 3.8) is 0 Å². The minimum Gasteiger partial charge on any atom is -0.446 e. The lowest BCUT2D eigenvalue weighted by molar-refractivity contribution is -0.0646. The highest BCUT2D eigenvalue weighted by atomic mass is 32.2. The van der Waals surface area contributed by atoms with E-state index in [-0.39, 0.29) is 23.5 Å². The summed E-state index contributed by atoms with van der Waals surface area (Å²) in [6.45, 7) is 3.26. The summed E-state index contributed by atoms with van der Waals surface area (Å²) in [4.78, 5) is 0. The van der Waals surface area contributed by atoms with E-state index in [1.54, 1.807) is 13.8 Å². The molecule has 1 heterocycles. The number of hydrogen-bond acceptors (Lipinski definition) is 5. The lowest BCUT2D eigenvalue weighted by Gasteiger charge is -2.48. The SMILES string of the molecule is CC1(C)C(O)CC1NS(=O)(=O)c1ccc(CO)o1. The van der Waals surface area contributed by atoms with Crippen molar-refractivity contribution in [1.82, 2.24) is 4.72 Å². The molecule has 0 aliphatic heterocycles. The Bertz CT molecular complexity index is 533. The molecule has 6 nitrogen and oxygen atoms in total. The van der Waals surface area contributed by atoms with Crippen LogP contribution in [0, 0.1) is 5.41 Å². The number of nitrogens with one attached hydrogen (secondary N) is 1. The Morgan fingerprint density at radius 1 is 1.50 bits per heavy atom. The van der Waals surface area contributed by atoms with E-state index in [1.807, 2.05) is 0 Å². The molecule has 0 bridgehead atoms. The zero-order valence-electron chi connectivity index (χ0n) is 10.3. The highest BCUT2D eigenvalue weighted by Gasteiger charge is 2.49. The second-order valence-electron chi connectivity index (χ2n) is 5.13. The number of rotatable bonds is 4. The maximum Gasteiger partial charge on any atom is 0.274 e. The minimum atomic E-state index is -3.74. The first-order chi connectivity index (χ1) is 8.27. The fraction of sp³-hybridized carbons (Fsp3) is 0.636. The van der Waals surface area contributed by atoms with Crippen molar-refractivity contribution in [2.24, 2.45) is 5.41 Å². The lowest BCUT2D eigenvalue weighted by atomic mass is 9.65. The van der Waals surface area contributed by atoms with Crippen LogP contribution in [0.1, 0.15) is 26.0 Å². The molecule has 1 aliphatic carbocycles. The quantitative estimate of drug-likeness (QED) is 0.729. The molecule has 102 valence electrons. The molecule has 3 N–H and O–H groups in total. The first-order valence-electron chi connectivity index (χ1n) is 5.67. The summed E-state index contributed by atoms with van der Waals surface area (Å²) in [7, 11) is -3.74. The van der Waals surface area contributed by atoms with Gasteiger partial charge in [-0.2, -0.15) is 0 Å². The van der Waals surface area contributed by atoms with Crippen molar-refractivity contribution in [2.75, 3.05) is 0 Å². The Hall–Kier alpha value is -0.890. The van der Waals surface area contributed by atoms with Crippen molar-refractivity contribution in [3.05, 3.63) is 17.9 Å². The monoisotopic (exact) mass is 275 g/mol. The van der Waals surface area contributed by atoms with E-state index in [1.165, 1.54) is 12.1 Å². The summed E-state index contributed by atoms with van der Waals surface area (Å²) in [6.07, 6.45) is -0.116. The Morgan fingerprint density at radius 3 is 2.61 bits per heavy atom. The molecular formula is C11H17NO5S. The van der Waals surface area contributed by atoms with E-state index >= 15 is 0 Å². The first kappa shape index (κ1) is 13.5. The van der Waals surface area contributed by atoms with Crippen LogP contribution in [0.5, 0.6) is 0 Å². The Morgan fingerprint density at radius 2 is 2.17 bits per heavy atom. The van der Waals surface area contributed by atoms with Crippen molar-refractivity contribution in [3.8, 4) is 0 Å². The van der Waals surface area contributed by atoms with Gasteiger partial charge in [0.05, 0.1) is 6.10 Å². The van der Waals surface area contributed by atoms with E-state index in [4.69, 9.17) is 9.52 Å². The molecule has 0 radical (unpaired) electrons. The van der Waals surface area contributed by atoms with Crippen LogP contribution in [-0.2, 0) is 16.6 Å². The molecule has 2 atom stereocenters. The Kier molecular flexibility index (Phi) is 3.26. The molecule has 2 unspecified atom stereocenters. The van der Waals surface area contributed by atoms with Crippen LogP contribution in [0.3, 0.4) is 0 Å². The van der Waals surface area contributed by atoms with Crippen LogP contribution in [0.2, 0.25) is 0 Å². The van der Waals surface area contributed by atoms with Crippen LogP contribution in [0.4, 0.5) is 0 Å². The lowest BCUT2D eigenvalue weighted by Crippen LogP contribution is -2.61. The topological polar surface area (TPSA) is 99.8 Å². The van der Waals surface area contributed by atoms with Gasteiger partial charge in [0, 0.05) is 11.5 Å². The van der Waals surface area contributed by atoms with Gasteiger partial charge >= 0.3 is 0 Å². The van der Waals surface area contributed by atoms with Crippen LogP contribution in [0.25, 0.3) is 0 Å². The summed E-state index contributed by atoms with van der Waals surface area (Å²) in [5.41, 5.74) is -0.487. The van der Waals surface area contributed by atoms with Crippen molar-refractivity contribution < 1.29 is 23.0 Å². The molecule has 2 rings (SSSR count). The summed E-state index contributed by atoms with van der Waals surface area (Å²) in [5, 5.41) is 18.2. The predicted molar refractivity (Wildman–Crippen MR) is 63.1 cm³/mol. The summed E-state index contributed by atoms with van der Waals surface area (Å²) < 4.78 is 31.5. The largest absolute Gasteiger partial charge is 0.446 e. The summed E-state index contributed by atoms with van der Waals surface area (Å²) in [6, 6.07) is 2.39. The fourth-order valence-electron chi connectivity index (χ4n) is 1.94. The second-order valence-corrected chi connectivity index (χ2v) is 6.77. The second kappa shape index (κ2) is 4.34. The number of aliphatic hydroxyl groups excluding tert-OH is 2. The normalized spacial score (nSPS) is 26.9. The molecule has 0 amide bonds. The zero-order valence-corrected chi connectivity index (χ0v) is 11.1. The molecule has 7 heteroatoms. The molecule has 0 saturated heterocycles. The highest BCUT2D eigenvalue weighted by molar-refractivity contribution is 7.89. The van der Waals surface area contributed by atoms with Gasteiger partial charge in [-0.05, 0) is 18.6 Å². The van der Waals surface area contributed by atoms with Crippen molar-refractivity contribution >= 4 is 10.0 Å². The van der Waals surface area contributed by atoms with E-state index < -0.39 is 21.5 Å². The molecule has 0 spiro atoms. The van der Waals surface area contributed by atoms with Gasteiger partial charge < -0.3 is 14.6 Å². The molecule has 1 aromatic heterocycles. The van der Waals surface area contributed by atoms with E-state index in [0.29, 0.717) is 6.42 Å². The highest BCUT2D eigenvalue weighted by Crippen LogP contribution is 2.41. The van der Waals surface area contributed by atoms with Crippen LogP contribution in [-0.4, -0.2) is 30.8 Å². The average Bonchev–Trinajstić information content (AvgIpc) is 2.77. The number of furan rings is 1. The molecule has 1 aliphatic rings. The molecule has 1 aromatic rings.